The first-order chi connectivity index (χ1) is 11.8. The number of cyclic esters (lactones) is 1. The van der Waals surface area contributed by atoms with Crippen LogP contribution in [0.3, 0.4) is 0 Å². The van der Waals surface area contributed by atoms with Crippen molar-refractivity contribution in [1.29, 1.82) is 0 Å². The number of hydrogen-bond acceptors (Lipinski definition) is 8. The van der Waals surface area contributed by atoms with Crippen LogP contribution in [0.4, 0.5) is 0 Å². The quantitative estimate of drug-likeness (QED) is 0.358. The maximum Gasteiger partial charge on any atom is 0.353 e. The third kappa shape index (κ3) is 5.25. The van der Waals surface area contributed by atoms with Crippen LogP contribution in [-0.2, 0) is 36.8 Å². The molecule has 0 aromatic rings. The van der Waals surface area contributed by atoms with Gasteiger partial charge in [0.15, 0.2) is 5.16 Å². The molecule has 1 unspecified atom stereocenters. The second-order valence-electron chi connectivity index (χ2n) is 5.21. The van der Waals surface area contributed by atoms with Gasteiger partial charge in [-0.25, -0.2) is 0 Å². The van der Waals surface area contributed by atoms with Gasteiger partial charge in [-0.05, 0) is 34.1 Å². The highest BCUT2D eigenvalue weighted by Gasteiger charge is 2.60. The summed E-state index contributed by atoms with van der Waals surface area (Å²) in [5.41, 5.74) is 0. The van der Waals surface area contributed by atoms with E-state index in [1.54, 1.807) is 27.7 Å². The van der Waals surface area contributed by atoms with E-state index in [1.807, 2.05) is 0 Å². The van der Waals surface area contributed by atoms with Crippen molar-refractivity contribution in [3.63, 3.8) is 0 Å². The molecule has 0 saturated carbocycles. The second kappa shape index (κ2) is 10.0. The monoisotopic (exact) mass is 398 g/mol. The first kappa shape index (κ1) is 22.6. The number of hydrogen-bond donors (Lipinski definition) is 0. The smallest absolute Gasteiger partial charge is 0.353 e. The Morgan fingerprint density at radius 1 is 1.00 bits per heavy atom. The maximum absolute atomic E-state index is 13.2. The molecule has 0 amide bonds. The average Bonchev–Trinajstić information content (AvgIpc) is 2.91. The molecule has 1 aliphatic rings. The Bertz CT molecular complexity index is 542. The van der Waals surface area contributed by atoms with E-state index in [2.05, 4.69) is 0 Å². The lowest BCUT2D eigenvalue weighted by atomic mass is 10.0. The van der Waals surface area contributed by atoms with Gasteiger partial charge in [0.25, 0.3) is 0 Å². The minimum absolute atomic E-state index is 0.00670. The van der Waals surface area contributed by atoms with E-state index in [-0.39, 0.29) is 45.9 Å². The van der Waals surface area contributed by atoms with Crippen LogP contribution in [-0.4, -0.2) is 44.2 Å². The molecule has 1 heterocycles. The summed E-state index contributed by atoms with van der Waals surface area (Å²) >= 11 is 0. The summed E-state index contributed by atoms with van der Waals surface area (Å²) in [6, 6.07) is 0. The van der Waals surface area contributed by atoms with Crippen molar-refractivity contribution >= 4 is 21.2 Å². The van der Waals surface area contributed by atoms with Crippen LogP contribution in [0.2, 0.25) is 0 Å². The van der Waals surface area contributed by atoms with Crippen LogP contribution in [0.25, 0.3) is 0 Å². The van der Waals surface area contributed by atoms with Crippen LogP contribution < -0.4 is 0 Å². The molecule has 0 aromatic carbocycles. The van der Waals surface area contributed by atoms with Gasteiger partial charge in [0.2, 0.25) is 0 Å². The minimum atomic E-state index is -3.76. The van der Waals surface area contributed by atoms with Crippen molar-refractivity contribution in [1.82, 2.24) is 0 Å². The van der Waals surface area contributed by atoms with E-state index >= 15 is 0 Å². The lowest BCUT2D eigenvalue weighted by Crippen LogP contribution is -2.35. The van der Waals surface area contributed by atoms with Crippen molar-refractivity contribution < 1.29 is 36.8 Å². The van der Waals surface area contributed by atoms with E-state index in [1.165, 1.54) is 11.9 Å². The lowest BCUT2D eigenvalue weighted by Gasteiger charge is -2.31. The molecule has 10 heteroatoms. The van der Waals surface area contributed by atoms with Gasteiger partial charge in [-0.2, -0.15) is 0 Å². The van der Waals surface area contributed by atoms with Crippen molar-refractivity contribution in [2.24, 2.45) is 0 Å². The molecule has 8 nitrogen and oxygen atoms in total. The van der Waals surface area contributed by atoms with Gasteiger partial charge in [-0.1, -0.05) is 6.08 Å². The summed E-state index contributed by atoms with van der Waals surface area (Å²) in [5.74, 6) is 0.653. The molecule has 0 aliphatic carbocycles. The molecule has 0 N–H and O–H groups in total. The predicted molar refractivity (Wildman–Crippen MR) is 93.8 cm³/mol. The topological polar surface area (TPSA) is 97.4 Å². The van der Waals surface area contributed by atoms with Crippen molar-refractivity contribution in [2.75, 3.05) is 33.0 Å². The summed E-state index contributed by atoms with van der Waals surface area (Å²) < 4.78 is 51.9. The lowest BCUT2D eigenvalue weighted by molar-refractivity contribution is -0.140. The second-order valence-corrected chi connectivity index (χ2v) is 9.48. The van der Waals surface area contributed by atoms with Crippen LogP contribution >= 0.6 is 15.2 Å². The highest BCUT2D eigenvalue weighted by Crippen LogP contribution is 2.65. The molecule has 0 radical (unpaired) electrons. The maximum atomic E-state index is 13.2. The molecule has 0 spiro atoms. The average molecular weight is 398 g/mol. The largest absolute Gasteiger partial charge is 0.465 e. The highest BCUT2D eigenvalue weighted by atomic mass is 31.2. The Hall–Kier alpha value is -0.490. The van der Waals surface area contributed by atoms with Crippen LogP contribution in [0.1, 0.15) is 40.5 Å². The predicted octanol–water partition coefficient (Wildman–Crippen LogP) is 4.11. The normalized spacial score (nSPS) is 21.8. The number of carbonyl (C=O) groups is 1. The Labute approximate surface area is 149 Å². The molecule has 1 aliphatic heterocycles. The SMILES string of the molecule is CCOP(=O)(/C=C/CC1(P(=O)(OCC)OCC)CCOC1=O)OCC. The first-order valence-electron chi connectivity index (χ1n) is 8.46. The number of ether oxygens (including phenoxy) is 1. The highest BCUT2D eigenvalue weighted by molar-refractivity contribution is 7.57. The molecular weight excluding hydrogens is 370 g/mol. The van der Waals surface area contributed by atoms with E-state index in [0.29, 0.717) is 0 Å². The fraction of sp³-hybridized carbons (Fsp3) is 0.800. The Balaban J connectivity index is 3.12. The fourth-order valence-electron chi connectivity index (χ4n) is 2.58. The van der Waals surface area contributed by atoms with Crippen molar-refractivity contribution in [3.8, 4) is 0 Å². The molecule has 146 valence electrons. The molecule has 1 fully saturated rings. The molecule has 25 heavy (non-hydrogen) atoms. The Morgan fingerprint density at radius 3 is 1.92 bits per heavy atom. The van der Waals surface area contributed by atoms with Gasteiger partial charge >= 0.3 is 21.2 Å². The summed E-state index contributed by atoms with van der Waals surface area (Å²) in [4.78, 5) is 12.4. The van der Waals surface area contributed by atoms with Gasteiger partial charge in [0, 0.05) is 12.2 Å². The van der Waals surface area contributed by atoms with E-state index in [0.717, 1.165) is 0 Å². The number of carbonyl (C=O) groups excluding carboxylic acids is 1. The van der Waals surface area contributed by atoms with Crippen LogP contribution in [0.5, 0.6) is 0 Å². The number of esters is 1. The fourth-order valence-corrected chi connectivity index (χ4v) is 6.14. The van der Waals surface area contributed by atoms with Gasteiger partial charge in [-0.15, -0.1) is 0 Å². The summed E-state index contributed by atoms with van der Waals surface area (Å²) in [5, 5.41) is -1.45. The number of allylic oxidation sites excluding steroid dienone is 1. The summed E-state index contributed by atoms with van der Waals surface area (Å²) in [6.07, 6.45) is 1.66. The van der Waals surface area contributed by atoms with Gasteiger partial charge in [-0.3, -0.25) is 13.9 Å². The minimum Gasteiger partial charge on any atom is -0.465 e. The van der Waals surface area contributed by atoms with E-state index < -0.39 is 26.3 Å². The standard InChI is InChI=1S/C15H28O8P2/c1-5-20-24(17,21-6-2)13-9-10-15(11-12-19-14(15)16)25(18,22-7-3)23-8-4/h9,13H,5-8,10-12H2,1-4H3/b13-9+. The zero-order chi connectivity index (χ0) is 19.0. The van der Waals surface area contributed by atoms with Gasteiger partial charge in [0.1, 0.15) is 0 Å². The van der Waals surface area contributed by atoms with Crippen LogP contribution in [0.15, 0.2) is 11.9 Å². The zero-order valence-electron chi connectivity index (χ0n) is 15.3. The Kier molecular flexibility index (Phi) is 9.02. The van der Waals surface area contributed by atoms with Crippen molar-refractivity contribution in [3.05, 3.63) is 11.9 Å². The van der Waals surface area contributed by atoms with Crippen molar-refractivity contribution in [2.45, 2.75) is 45.7 Å². The summed E-state index contributed by atoms with van der Waals surface area (Å²) in [7, 11) is -7.18. The number of rotatable bonds is 12. The molecule has 1 rings (SSSR count). The molecule has 1 saturated heterocycles. The first-order valence-corrected chi connectivity index (χ1v) is 11.6. The van der Waals surface area contributed by atoms with E-state index in [9.17, 15) is 13.9 Å². The third-order valence-corrected chi connectivity index (χ3v) is 8.26. The van der Waals surface area contributed by atoms with Gasteiger partial charge < -0.3 is 22.8 Å². The molecule has 0 bridgehead atoms. The zero-order valence-corrected chi connectivity index (χ0v) is 17.1. The molecule has 1 atom stereocenters. The third-order valence-electron chi connectivity index (χ3n) is 3.61. The summed E-state index contributed by atoms with van der Waals surface area (Å²) in [6.45, 7) is 7.57. The molecule has 0 aromatic heterocycles. The van der Waals surface area contributed by atoms with Crippen LogP contribution in [0, 0.1) is 0 Å². The van der Waals surface area contributed by atoms with Gasteiger partial charge in [0.05, 0.1) is 33.0 Å². The van der Waals surface area contributed by atoms with E-state index in [4.69, 9.17) is 22.8 Å². The Morgan fingerprint density at radius 2 is 1.52 bits per heavy atom. The molecular formula is C15H28O8P2.